The van der Waals surface area contributed by atoms with Crippen LogP contribution in [0.25, 0.3) is 54.9 Å². The molecule has 0 spiro atoms. The third-order valence-electron chi connectivity index (χ3n) is 9.84. The summed E-state index contributed by atoms with van der Waals surface area (Å²) < 4.78 is 0. The SMILES string of the molecule is Cc1cc2c(-c3ccccc3)c(C(C)C)ccc2[cH-]1.Cc1cc2c(-c3ccccc3)c(C(C)C)ccc2[cH-]1.[Cl][Zr][Cl].[c-]1cccc2c1[Si]c1ccccc1-2. The zero-order chi connectivity index (χ0) is 38.2. The average molecular weight is 836 g/mol. The predicted octanol–water partition coefficient (Wildman–Crippen LogP) is 13.8. The van der Waals surface area contributed by atoms with Crippen LogP contribution in [0, 0.1) is 19.9 Å². The molecule has 0 nitrogen and oxygen atoms in total. The van der Waals surface area contributed by atoms with E-state index in [0.717, 1.165) is 9.52 Å². The molecule has 0 aliphatic carbocycles. The van der Waals surface area contributed by atoms with E-state index in [9.17, 15) is 0 Å². The van der Waals surface area contributed by atoms with Crippen LogP contribution < -0.4 is 10.4 Å². The van der Waals surface area contributed by atoms with Gasteiger partial charge in [0.15, 0.2) is 0 Å². The molecule has 2 radical (unpaired) electrons. The molecule has 0 bridgehead atoms. The van der Waals surface area contributed by atoms with E-state index in [1.165, 1.54) is 87.6 Å². The number of rotatable bonds is 4. The summed E-state index contributed by atoms with van der Waals surface area (Å²) in [5.74, 6) is 1.07. The molecule has 8 aromatic carbocycles. The minimum atomic E-state index is -0.826. The van der Waals surface area contributed by atoms with Crippen LogP contribution in [0.2, 0.25) is 0 Å². The van der Waals surface area contributed by atoms with Crippen LogP contribution in [0.1, 0.15) is 61.8 Å². The molecule has 1 heterocycles. The normalized spacial score (nSPS) is 11.2. The summed E-state index contributed by atoms with van der Waals surface area (Å²) in [6.07, 6.45) is 0. The summed E-state index contributed by atoms with van der Waals surface area (Å²) in [5, 5.41) is 8.29. The number of fused-ring (bicyclic) bond motifs is 5. The van der Waals surface area contributed by atoms with Gasteiger partial charge in [0, 0.05) is 0 Å². The minimum absolute atomic E-state index is 0.537. The van der Waals surface area contributed by atoms with E-state index in [0.29, 0.717) is 11.8 Å². The van der Waals surface area contributed by atoms with Crippen molar-refractivity contribution in [3.8, 4) is 33.4 Å². The van der Waals surface area contributed by atoms with E-state index in [4.69, 9.17) is 17.0 Å². The van der Waals surface area contributed by atoms with E-state index in [2.05, 4.69) is 193 Å². The van der Waals surface area contributed by atoms with Crippen molar-refractivity contribution in [2.24, 2.45) is 0 Å². The van der Waals surface area contributed by atoms with Crippen molar-refractivity contribution in [1.82, 2.24) is 0 Å². The molecular weight excluding hydrogens is 791 g/mol. The molecule has 1 aliphatic rings. The van der Waals surface area contributed by atoms with Gasteiger partial charge in [-0.25, -0.2) is 0 Å². The first-order valence-corrected chi connectivity index (χ1v) is 25.9. The Balaban J connectivity index is 0.000000135. The van der Waals surface area contributed by atoms with Crippen LogP contribution in [0.3, 0.4) is 0 Å². The second kappa shape index (κ2) is 18.7. The van der Waals surface area contributed by atoms with E-state index in [-0.39, 0.29) is 0 Å². The molecule has 54 heavy (non-hydrogen) atoms. The van der Waals surface area contributed by atoms with E-state index >= 15 is 0 Å². The van der Waals surface area contributed by atoms with Gasteiger partial charge in [-0.1, -0.05) is 159 Å². The molecule has 4 heteroatoms. The molecule has 0 N–H and O–H groups in total. The van der Waals surface area contributed by atoms with Gasteiger partial charge in [0.25, 0.3) is 0 Å². The van der Waals surface area contributed by atoms with Crippen LogP contribution in [0.5, 0.6) is 0 Å². The third-order valence-corrected chi connectivity index (χ3v) is 11.2. The Hall–Kier alpha value is -3.78. The first-order valence-electron chi connectivity index (χ1n) is 18.5. The quantitative estimate of drug-likeness (QED) is 0.122. The van der Waals surface area contributed by atoms with Gasteiger partial charge in [-0.3, -0.25) is 0 Å². The standard InChI is InChI=1S/2C19H19.C12H7Si.2ClH.Zr/c2*1-13(2)17-10-9-16-11-14(3)12-18(16)19(17)15-7-5-4-6-8-15;1-3-7-11-9(5-1)10-6-2-4-8-12(10)13-11;;;/h2*4-13H,1-3H3;1-7H;2*1H;/q3*-1;;;+2/p-2. The number of hydrogen-bond acceptors (Lipinski definition) is 0. The fraction of sp³-hybridized carbons (Fsp3) is 0.160. The second-order valence-electron chi connectivity index (χ2n) is 14.4. The first kappa shape index (κ1) is 39.9. The third kappa shape index (κ3) is 9.18. The monoisotopic (exact) mass is 833 g/mol. The van der Waals surface area contributed by atoms with Crippen molar-refractivity contribution in [3.63, 3.8) is 0 Å². The maximum absolute atomic E-state index is 4.93. The molecule has 0 saturated carbocycles. The Bertz CT molecular complexity index is 2270. The van der Waals surface area contributed by atoms with Gasteiger partial charge in [-0.15, -0.1) is 74.6 Å². The summed E-state index contributed by atoms with van der Waals surface area (Å²) in [7, 11) is 10.7. The Kier molecular flexibility index (Phi) is 13.8. The van der Waals surface area contributed by atoms with Gasteiger partial charge in [0.1, 0.15) is 0 Å². The Morgan fingerprint density at radius 3 is 1.48 bits per heavy atom. The zero-order valence-corrected chi connectivity index (χ0v) is 36.8. The second-order valence-corrected chi connectivity index (χ2v) is 19.4. The molecule has 0 atom stereocenters. The number of benzene rings is 6. The topological polar surface area (TPSA) is 0 Å². The van der Waals surface area contributed by atoms with Crippen molar-refractivity contribution in [3.05, 3.63) is 180 Å². The Morgan fingerprint density at radius 1 is 0.556 bits per heavy atom. The Labute approximate surface area is 343 Å². The summed E-state index contributed by atoms with van der Waals surface area (Å²) in [6, 6.07) is 57.9. The van der Waals surface area contributed by atoms with Crippen molar-refractivity contribution in [2.75, 3.05) is 0 Å². The molecule has 9 rings (SSSR count). The molecule has 0 aromatic heterocycles. The average Bonchev–Trinajstić information content (AvgIpc) is 3.88. The van der Waals surface area contributed by atoms with Crippen LogP contribution >= 0.6 is 17.0 Å². The van der Waals surface area contributed by atoms with Gasteiger partial charge >= 0.3 is 37.9 Å². The van der Waals surface area contributed by atoms with E-state index < -0.39 is 20.8 Å². The fourth-order valence-corrected chi connectivity index (χ4v) is 8.75. The summed E-state index contributed by atoms with van der Waals surface area (Å²) in [4.78, 5) is 0. The van der Waals surface area contributed by atoms with Crippen molar-refractivity contribution < 1.29 is 20.8 Å². The summed E-state index contributed by atoms with van der Waals surface area (Å²) in [5.41, 5.74) is 13.8. The van der Waals surface area contributed by atoms with Crippen LogP contribution in [0.15, 0.2) is 152 Å². The Morgan fingerprint density at radius 2 is 1.00 bits per heavy atom. The minimum Gasteiger partial charge on any atom is -0.184 e. The maximum Gasteiger partial charge on any atom is 0.0920 e. The largest absolute Gasteiger partial charge is 0.184 e. The van der Waals surface area contributed by atoms with Crippen LogP contribution in [-0.2, 0) is 20.8 Å². The van der Waals surface area contributed by atoms with E-state index in [1.807, 2.05) is 6.07 Å². The predicted molar refractivity (Wildman–Crippen MR) is 235 cm³/mol. The summed E-state index contributed by atoms with van der Waals surface area (Å²) >= 11 is -0.826. The fourth-order valence-electron chi connectivity index (χ4n) is 7.44. The first-order chi connectivity index (χ1) is 26.2. The van der Waals surface area contributed by atoms with Crippen LogP contribution in [-0.4, -0.2) is 9.52 Å². The smallest absolute Gasteiger partial charge is 0.0920 e. The number of hydrogen-bond donors (Lipinski definition) is 0. The molecular formula is C50H45Cl2SiZr-3. The van der Waals surface area contributed by atoms with Gasteiger partial charge in [-0.2, -0.15) is 41.6 Å². The number of aryl methyl sites for hydroxylation is 2. The van der Waals surface area contributed by atoms with E-state index in [1.54, 1.807) is 0 Å². The maximum atomic E-state index is 4.93. The van der Waals surface area contributed by atoms with Gasteiger partial charge in [0.2, 0.25) is 0 Å². The van der Waals surface area contributed by atoms with Crippen molar-refractivity contribution >= 4 is 58.5 Å². The molecule has 0 amide bonds. The molecule has 1 aliphatic heterocycles. The van der Waals surface area contributed by atoms with Gasteiger partial charge in [-0.05, 0) is 23.0 Å². The molecule has 270 valence electrons. The van der Waals surface area contributed by atoms with Gasteiger partial charge in [0.05, 0.1) is 9.52 Å². The number of halogens is 2. The summed E-state index contributed by atoms with van der Waals surface area (Å²) in [6.45, 7) is 13.4. The van der Waals surface area contributed by atoms with Crippen LogP contribution in [0.4, 0.5) is 0 Å². The van der Waals surface area contributed by atoms with Crippen molar-refractivity contribution in [1.29, 1.82) is 0 Å². The zero-order valence-electron chi connectivity index (χ0n) is 31.8. The molecule has 0 unspecified atom stereocenters. The molecule has 0 fully saturated rings. The van der Waals surface area contributed by atoms with Gasteiger partial charge < -0.3 is 0 Å². The van der Waals surface area contributed by atoms with Crippen molar-refractivity contribution in [2.45, 2.75) is 53.4 Å². The molecule has 0 saturated heterocycles. The molecule has 8 aromatic rings.